The average Bonchev–Trinajstić information content (AvgIpc) is 1.78. The Bertz CT molecular complexity index is 4690. The number of hydrogen-bond donors (Lipinski definition) is 21. The highest BCUT2D eigenvalue weighted by Crippen LogP contribution is 2.32. The molecular formula is C93H146N20O29S. The molecule has 0 aromatic heterocycles. The van der Waals surface area contributed by atoms with E-state index in [9.17, 15) is 126 Å². The fourth-order valence-electron chi connectivity index (χ4n) is 16.2. The molecule has 0 spiro atoms. The van der Waals surface area contributed by atoms with Crippen molar-refractivity contribution in [2.75, 3.05) is 78.7 Å². The fraction of sp³-hybridized carbons (Fsp3) is 0.645. The Balaban J connectivity index is 1.32. The lowest BCUT2D eigenvalue weighted by molar-refractivity contribution is -0.148. The lowest BCUT2D eigenvalue weighted by Gasteiger charge is -2.41. The van der Waals surface area contributed by atoms with Crippen LogP contribution in [0, 0.1) is 29.6 Å². The number of carbonyl (C=O) groups excluding carboxylic acids is 19. The summed E-state index contributed by atoms with van der Waals surface area (Å²) in [5, 5.41) is 81.2. The summed E-state index contributed by atoms with van der Waals surface area (Å²) in [6.07, 6.45) is -7.56. The zero-order valence-electron chi connectivity index (χ0n) is 83.8. The lowest BCUT2D eigenvalue weighted by atomic mass is 9.89. The van der Waals surface area contributed by atoms with Gasteiger partial charge >= 0.3 is 24.1 Å². The normalized spacial score (nSPS) is 17.3. The molecule has 0 aliphatic carbocycles. The molecule has 2 fully saturated rings. The monoisotopic (exact) mass is 2040 g/mol. The number of carboxylic acid groups (broad SMARTS) is 2. The summed E-state index contributed by atoms with van der Waals surface area (Å²) in [4.78, 5) is 284. The van der Waals surface area contributed by atoms with Crippen molar-refractivity contribution in [2.24, 2.45) is 46.8 Å². The molecular weight excluding hydrogens is 1890 g/mol. The van der Waals surface area contributed by atoms with E-state index in [2.05, 4.69) is 47.9 Å². The zero-order chi connectivity index (χ0) is 108. The van der Waals surface area contributed by atoms with Gasteiger partial charge in [-0.1, -0.05) is 118 Å². The van der Waals surface area contributed by atoms with E-state index >= 15 is 0 Å². The van der Waals surface area contributed by atoms with Crippen LogP contribution in [0.3, 0.4) is 0 Å². The number of aliphatic hydroxyl groups is 3. The number of imide groups is 1. The number of aliphatic hydroxyl groups excluding tert-OH is 3. The summed E-state index contributed by atoms with van der Waals surface area (Å²) in [5.74, 6) is -21.0. The van der Waals surface area contributed by atoms with Crippen LogP contribution in [0.25, 0.3) is 0 Å². The Hall–Kier alpha value is -12.8. The minimum Gasteiger partial charge on any atom is -0.481 e. The molecule has 24 N–H and O–H groups in total. The number of aliphatic carboxylic acids is 2. The van der Waals surface area contributed by atoms with Gasteiger partial charge in [0.2, 0.25) is 100 Å². The minimum atomic E-state index is -2.17. The van der Waals surface area contributed by atoms with Crippen molar-refractivity contribution in [3.05, 3.63) is 65.7 Å². The molecule has 20 amide bonds. The van der Waals surface area contributed by atoms with Crippen LogP contribution in [0.5, 0.6) is 0 Å². The first kappa shape index (κ1) is 123. The first-order valence-electron chi connectivity index (χ1n) is 47.4. The largest absolute Gasteiger partial charge is 0.481 e. The third-order valence-corrected chi connectivity index (χ3v) is 25.7. The Morgan fingerprint density at radius 1 is 0.552 bits per heavy atom. The van der Waals surface area contributed by atoms with Gasteiger partial charge in [-0.3, -0.25) is 101 Å². The predicted molar refractivity (Wildman–Crippen MR) is 517 cm³/mol. The Morgan fingerprint density at radius 3 is 1.64 bits per heavy atom. The van der Waals surface area contributed by atoms with Gasteiger partial charge in [-0.05, 0) is 106 Å². The summed E-state index contributed by atoms with van der Waals surface area (Å²) in [7, 11) is 5.96. The molecule has 2 aliphatic heterocycles. The van der Waals surface area contributed by atoms with Crippen LogP contribution in [0.1, 0.15) is 184 Å². The highest BCUT2D eigenvalue weighted by molar-refractivity contribution is 8.00. The molecule has 20 atom stereocenters. The minimum absolute atomic E-state index is 0.0181. The number of urea groups is 1. The molecule has 0 saturated carbocycles. The maximum Gasteiger partial charge on any atom is 0.410 e. The average molecular weight is 2040 g/mol. The van der Waals surface area contributed by atoms with E-state index in [1.165, 1.54) is 38.3 Å². The number of thioether (sulfide) groups is 1. The Kier molecular flexibility index (Phi) is 51.9. The van der Waals surface area contributed by atoms with Crippen molar-refractivity contribution >= 4 is 142 Å². The zero-order valence-corrected chi connectivity index (χ0v) is 84.6. The van der Waals surface area contributed by atoms with Gasteiger partial charge < -0.3 is 136 Å². The van der Waals surface area contributed by atoms with Crippen LogP contribution in [0.15, 0.2) is 54.6 Å². The number of benzene rings is 2. The summed E-state index contributed by atoms with van der Waals surface area (Å²) in [6.45, 7) is 17.6. The molecule has 143 heavy (non-hydrogen) atoms. The van der Waals surface area contributed by atoms with Gasteiger partial charge in [-0.25, -0.2) is 9.59 Å². The maximum absolute atomic E-state index is 14.9. The Morgan fingerprint density at radius 2 is 1.10 bits per heavy atom. The van der Waals surface area contributed by atoms with Crippen LogP contribution >= 0.6 is 11.8 Å². The van der Waals surface area contributed by atoms with E-state index < -0.39 is 283 Å². The highest BCUT2D eigenvalue weighted by Gasteiger charge is 2.47. The number of ether oxygens (including phenoxy) is 3. The summed E-state index contributed by atoms with van der Waals surface area (Å²) >= 11 is 0.744. The van der Waals surface area contributed by atoms with Crippen molar-refractivity contribution in [1.82, 2.24) is 83.4 Å². The molecule has 2 saturated heterocycles. The molecule has 798 valence electrons. The number of likely N-dealkylation sites (N-methyl/N-ethyl adjacent to an activating group) is 2. The van der Waals surface area contributed by atoms with Gasteiger partial charge in [0.25, 0.3) is 0 Å². The molecule has 2 aliphatic rings. The predicted octanol–water partition coefficient (Wildman–Crippen LogP) is -3.18. The van der Waals surface area contributed by atoms with E-state index in [0.717, 1.165) is 35.4 Å². The third kappa shape index (κ3) is 39.5. The second-order valence-corrected chi connectivity index (χ2v) is 37.8. The SMILES string of the molecule is CC[C@H](C)[C@@H]([C@@H](CC(=O)N1CCC[C@H]1[C@H](OC)[C@@H](C)C(=O)N[C@H](C)[C@@H](O)c1ccccc1)OC)N(C)C(=O)[C@@H](NC(=O)[C@H](C(C)C)N(C)C(=O)OCc1ccc(NC(=O)[C@H](CCCNC(N)=O)NC(=O)[C@@H](NC(=O)CCCCCN2C(=O)CC(SC[C@H](NC(=O)[C@@H](NC(=O)[C@H](CC(=O)O)NC(=O)[C@@H](NC(=O)[C@H](CC(=O)O)NC(=O)CNC(=O)CNC(=O)CN)[C@@H](C)O)[C@@H](C)O)C(N)=O)C2=O)C(C)C)cc1)C(C)C. The molecule has 0 bridgehead atoms. The number of carbonyl (C=O) groups is 21. The van der Waals surface area contributed by atoms with Gasteiger partial charge in [-0.15, -0.1) is 11.8 Å². The number of rotatable bonds is 62. The first-order valence-corrected chi connectivity index (χ1v) is 48.5. The van der Waals surface area contributed by atoms with Gasteiger partial charge in [0.1, 0.15) is 61.0 Å². The van der Waals surface area contributed by atoms with Crippen molar-refractivity contribution in [2.45, 2.75) is 281 Å². The molecule has 49 nitrogen and oxygen atoms in total. The van der Waals surface area contributed by atoms with E-state index in [1.807, 2.05) is 41.2 Å². The highest BCUT2D eigenvalue weighted by atomic mass is 32.2. The number of unbranched alkanes of at least 4 members (excludes halogenated alkanes) is 2. The molecule has 50 heteroatoms. The van der Waals surface area contributed by atoms with Gasteiger partial charge in [0, 0.05) is 72.2 Å². The molecule has 0 radical (unpaired) electrons. The van der Waals surface area contributed by atoms with Crippen molar-refractivity contribution < 1.29 is 140 Å². The summed E-state index contributed by atoms with van der Waals surface area (Å²) in [6, 6.07) is -2.23. The Labute approximate surface area is 834 Å². The number of amides is 20. The number of nitrogens with two attached hydrogens (primary N) is 3. The van der Waals surface area contributed by atoms with Gasteiger partial charge in [0.15, 0.2) is 0 Å². The van der Waals surface area contributed by atoms with E-state index in [-0.39, 0.29) is 94.5 Å². The quantitative estimate of drug-likeness (QED) is 0.0229. The maximum atomic E-state index is 14.9. The van der Waals surface area contributed by atoms with Crippen LogP contribution in [-0.4, -0.2) is 345 Å². The summed E-state index contributed by atoms with van der Waals surface area (Å²) in [5.41, 5.74) is 17.4. The van der Waals surface area contributed by atoms with Gasteiger partial charge in [0.05, 0.1) is 98.7 Å². The van der Waals surface area contributed by atoms with E-state index in [4.69, 9.17) is 31.4 Å². The third-order valence-electron chi connectivity index (χ3n) is 24.4. The van der Waals surface area contributed by atoms with Crippen molar-refractivity contribution in [1.29, 1.82) is 0 Å². The number of carboxylic acids is 2. The number of methoxy groups -OCH3 is 2. The van der Waals surface area contributed by atoms with Crippen LogP contribution in [-0.2, 0) is 112 Å². The summed E-state index contributed by atoms with van der Waals surface area (Å²) < 4.78 is 17.8. The van der Waals surface area contributed by atoms with E-state index in [1.54, 1.807) is 104 Å². The number of nitrogens with zero attached hydrogens (tertiary/aromatic N) is 4. The van der Waals surface area contributed by atoms with Crippen LogP contribution < -0.4 is 86.3 Å². The number of hydrogen-bond acceptors (Lipinski definition) is 29. The molecule has 4 rings (SSSR count). The number of anilines is 1. The first-order chi connectivity index (χ1) is 67.2. The number of nitrogens with one attached hydrogen (secondary N) is 13. The molecule has 2 aromatic rings. The second-order valence-electron chi connectivity index (χ2n) is 36.6. The fourth-order valence-corrected chi connectivity index (χ4v) is 17.4. The second kappa shape index (κ2) is 60.6. The lowest BCUT2D eigenvalue weighted by Crippen LogP contribution is -2.62. The molecule has 1 unspecified atom stereocenters. The van der Waals surface area contributed by atoms with Crippen molar-refractivity contribution in [3.63, 3.8) is 0 Å². The molecule has 2 heterocycles. The number of likely N-dealkylation sites (tertiary alicyclic amines) is 2. The van der Waals surface area contributed by atoms with Crippen molar-refractivity contribution in [3.8, 4) is 0 Å². The van der Waals surface area contributed by atoms with E-state index in [0.29, 0.717) is 36.9 Å². The topological polar surface area (TPSA) is 735 Å². The molecule has 2 aromatic carbocycles. The van der Waals surface area contributed by atoms with Crippen LogP contribution in [0.4, 0.5) is 15.3 Å². The standard InChI is InChI=1S/C93H146N20O29S/c1-17-50(8)78(63(140-15)40-69(120)112-37-25-29-62(112)80(141-16)51(9)82(128)100-52(10)79(126)56-26-20-18-21-27-56)110(13)91(137)74(48(4)5)107-89(135)77(49(6)7)111(14)93(139)142-45-55-31-33-57(34-32-55)101-83(129)58(28-24-35-97-92(96)138)103-86(132)73(47(2)3)106-65(116)30-22-19-23-36-113-70(121)41-64(90(113)136)143-46-61(81(95)127)105-88(134)76(54(12)115)109-85(131)60(39-72(124)125)104-87(133)75(53(11)114)108-84(130)59(38-71(122)123)102-68(119)44-99-67(118)43-98-66(117)42-94/h18,20-21,26-27,31-34,47-54,58-64,73-80,114-115,126H,17,19,22-25,28-30,35-46,94H2,1-16H3,(H2,95,127)(H,98,117)(H,99,118)(H,100,128)(H,101,129)(H,102,119)(H,103,132)(H,104,133)(H,105,134)(H,106,116)(H,107,135)(H,108,130)(H,109,131)(H,122,123)(H,124,125)(H3,96,97,138)/t50-,51+,52+,53+,54+,58-,59-,60-,61-,62-,63+,64?,73-,74-,75-,76-,77-,78-,79+,80+/m0/s1. The van der Waals surface area contributed by atoms with Crippen LogP contribution in [0.2, 0.25) is 0 Å². The number of primary amides is 2. The van der Waals surface area contributed by atoms with Gasteiger partial charge in [-0.2, -0.15) is 0 Å². The smallest absolute Gasteiger partial charge is 0.410 e.